The highest BCUT2D eigenvalue weighted by Gasteiger charge is 2.41. The van der Waals surface area contributed by atoms with Gasteiger partial charge in [-0.15, -0.1) is 0 Å². The largest absolute Gasteiger partial charge is 0.481 e. The Kier molecular flexibility index (Phi) is 19.9. The molecule has 0 rings (SSSR count). The molecule has 0 radical (unpaired) electrons. The molecular weight excluding hydrogens is 452 g/mol. The molecule has 0 aromatic heterocycles. The van der Waals surface area contributed by atoms with E-state index in [9.17, 15) is 24.3 Å². The normalized spacial score (nSPS) is 11.3. The lowest BCUT2D eigenvalue weighted by Crippen LogP contribution is -2.41. The summed E-state index contributed by atoms with van der Waals surface area (Å²) in [5.74, 6) is -2.88. The van der Waals surface area contributed by atoms with Crippen LogP contribution in [0.5, 0.6) is 0 Å². The fourth-order valence-corrected chi connectivity index (χ4v) is 3.84. The summed E-state index contributed by atoms with van der Waals surface area (Å²) >= 11 is 0. The van der Waals surface area contributed by atoms with Crippen LogP contribution >= 0.6 is 0 Å². The smallest absolute Gasteiger partial charge is 0.316 e. The number of carbonyl (C=O) groups excluding carboxylic acids is 2. The minimum absolute atomic E-state index is 0.0792. The van der Waals surface area contributed by atoms with Gasteiger partial charge in [-0.05, 0) is 25.7 Å². The highest BCUT2D eigenvalue weighted by molar-refractivity contribution is 5.77. The summed E-state index contributed by atoms with van der Waals surface area (Å²) < 4.78 is 10.7. The second-order valence-electron chi connectivity index (χ2n) is 9.54. The zero-order valence-electron chi connectivity index (χ0n) is 22.0. The number of rotatable bonds is 24. The van der Waals surface area contributed by atoms with E-state index in [2.05, 4.69) is 13.8 Å². The standard InChI is InChI=1S/C27H48O8/c1-3-5-7-9-14-18-24(30)34-21-27(26(32)33,20-16-12-11-13-17-23(28)29)22-35-25(31)19-15-10-8-6-4-2/h3-22H2,1-2H3,(H,28,29)(H,32,33). The molecule has 0 saturated carbocycles. The molecule has 0 heterocycles. The van der Waals surface area contributed by atoms with Crippen LogP contribution < -0.4 is 0 Å². The molecule has 0 aliphatic carbocycles. The summed E-state index contributed by atoms with van der Waals surface area (Å²) in [6, 6.07) is 0. The number of hydrogen-bond donors (Lipinski definition) is 2. The third kappa shape index (κ3) is 17.9. The van der Waals surface area contributed by atoms with Crippen LogP contribution in [0.15, 0.2) is 0 Å². The first-order valence-electron chi connectivity index (χ1n) is 13.5. The fourth-order valence-electron chi connectivity index (χ4n) is 3.84. The maximum atomic E-state index is 12.3. The van der Waals surface area contributed by atoms with Crippen LogP contribution in [0, 0.1) is 5.41 Å². The summed E-state index contributed by atoms with van der Waals surface area (Å²) in [5, 5.41) is 18.8. The van der Waals surface area contributed by atoms with Crippen LogP contribution in [0.4, 0.5) is 0 Å². The van der Waals surface area contributed by atoms with Crippen LogP contribution in [0.1, 0.15) is 129 Å². The predicted octanol–water partition coefficient (Wildman–Crippen LogP) is 6.29. The quantitative estimate of drug-likeness (QED) is 0.117. The molecule has 0 aliphatic heterocycles. The Hall–Kier alpha value is -2.12. The second-order valence-corrected chi connectivity index (χ2v) is 9.54. The maximum Gasteiger partial charge on any atom is 0.316 e. The van der Waals surface area contributed by atoms with E-state index in [1.807, 2.05) is 0 Å². The van der Waals surface area contributed by atoms with Crippen LogP contribution in [0.2, 0.25) is 0 Å². The lowest BCUT2D eigenvalue weighted by molar-refractivity contribution is -0.168. The molecule has 0 aromatic rings. The number of carbonyl (C=O) groups is 4. The Labute approximate surface area is 211 Å². The first kappa shape index (κ1) is 32.9. The minimum atomic E-state index is -1.50. The highest BCUT2D eigenvalue weighted by Crippen LogP contribution is 2.28. The van der Waals surface area contributed by atoms with Crippen molar-refractivity contribution in [1.82, 2.24) is 0 Å². The molecule has 0 aromatic carbocycles. The monoisotopic (exact) mass is 500 g/mol. The molecule has 2 N–H and O–H groups in total. The number of carboxylic acid groups (broad SMARTS) is 2. The lowest BCUT2D eigenvalue weighted by Gasteiger charge is -2.28. The van der Waals surface area contributed by atoms with Crippen molar-refractivity contribution in [2.75, 3.05) is 13.2 Å². The molecule has 8 heteroatoms. The Morgan fingerprint density at radius 2 is 0.971 bits per heavy atom. The maximum absolute atomic E-state index is 12.3. The molecule has 0 fully saturated rings. The van der Waals surface area contributed by atoms with Crippen molar-refractivity contribution in [2.24, 2.45) is 5.41 Å². The molecule has 204 valence electrons. The van der Waals surface area contributed by atoms with Gasteiger partial charge in [-0.2, -0.15) is 0 Å². The summed E-state index contributed by atoms with van der Waals surface area (Å²) in [7, 11) is 0. The van der Waals surface area contributed by atoms with E-state index in [1.54, 1.807) is 0 Å². The van der Waals surface area contributed by atoms with Crippen LogP contribution in [-0.4, -0.2) is 47.3 Å². The van der Waals surface area contributed by atoms with Crippen molar-refractivity contribution in [3.05, 3.63) is 0 Å². The minimum Gasteiger partial charge on any atom is -0.481 e. The third-order valence-electron chi connectivity index (χ3n) is 6.24. The first-order valence-corrected chi connectivity index (χ1v) is 13.5. The molecular formula is C27H48O8. The fraction of sp³-hybridized carbons (Fsp3) is 0.852. The van der Waals surface area contributed by atoms with E-state index < -0.39 is 29.3 Å². The summed E-state index contributed by atoms with van der Waals surface area (Å²) in [6.07, 6.45) is 12.9. The number of hydrogen-bond acceptors (Lipinski definition) is 6. The van der Waals surface area contributed by atoms with Crippen LogP contribution in [0.25, 0.3) is 0 Å². The number of carboxylic acids is 2. The van der Waals surface area contributed by atoms with Crippen molar-refractivity contribution in [3.8, 4) is 0 Å². The number of unbranched alkanes of at least 4 members (excludes halogenated alkanes) is 11. The average molecular weight is 501 g/mol. The van der Waals surface area contributed by atoms with Gasteiger partial charge in [-0.3, -0.25) is 19.2 Å². The van der Waals surface area contributed by atoms with E-state index >= 15 is 0 Å². The second kappa shape index (κ2) is 21.2. The third-order valence-corrected chi connectivity index (χ3v) is 6.24. The van der Waals surface area contributed by atoms with Gasteiger partial charge in [0.05, 0.1) is 0 Å². The van der Waals surface area contributed by atoms with Crippen LogP contribution in [0.3, 0.4) is 0 Å². The molecule has 0 bridgehead atoms. The zero-order chi connectivity index (χ0) is 26.4. The summed E-state index contributed by atoms with van der Waals surface area (Å²) in [6.45, 7) is 3.56. The van der Waals surface area contributed by atoms with Gasteiger partial charge in [0.1, 0.15) is 18.6 Å². The Morgan fingerprint density at radius 1 is 0.571 bits per heavy atom. The summed E-state index contributed by atoms with van der Waals surface area (Å²) in [4.78, 5) is 47.3. The molecule has 0 atom stereocenters. The zero-order valence-corrected chi connectivity index (χ0v) is 22.0. The molecule has 35 heavy (non-hydrogen) atoms. The Balaban J connectivity index is 4.84. The van der Waals surface area contributed by atoms with Crippen molar-refractivity contribution >= 4 is 23.9 Å². The number of esters is 2. The van der Waals surface area contributed by atoms with Gasteiger partial charge in [0.25, 0.3) is 0 Å². The molecule has 8 nitrogen and oxygen atoms in total. The molecule has 0 aliphatic rings. The van der Waals surface area contributed by atoms with E-state index in [0.717, 1.165) is 51.4 Å². The highest BCUT2D eigenvalue weighted by atomic mass is 16.6. The molecule has 0 saturated heterocycles. The Morgan fingerprint density at radius 3 is 1.37 bits per heavy atom. The van der Waals surface area contributed by atoms with E-state index in [0.29, 0.717) is 38.5 Å². The SMILES string of the molecule is CCCCCCCC(=O)OCC(CCCCCCC(=O)O)(COC(=O)CCCCCCC)C(=O)O. The van der Waals surface area contributed by atoms with E-state index in [4.69, 9.17) is 14.6 Å². The van der Waals surface area contributed by atoms with Gasteiger partial charge < -0.3 is 19.7 Å². The van der Waals surface area contributed by atoms with Gasteiger partial charge in [-0.1, -0.05) is 84.5 Å². The summed E-state index contributed by atoms with van der Waals surface area (Å²) in [5.41, 5.74) is -1.50. The van der Waals surface area contributed by atoms with Gasteiger partial charge in [0.2, 0.25) is 0 Å². The van der Waals surface area contributed by atoms with Gasteiger partial charge in [0.15, 0.2) is 0 Å². The van der Waals surface area contributed by atoms with Crippen LogP contribution in [-0.2, 0) is 28.7 Å². The van der Waals surface area contributed by atoms with Crippen molar-refractivity contribution < 1.29 is 38.9 Å². The van der Waals surface area contributed by atoms with Gasteiger partial charge in [-0.25, -0.2) is 0 Å². The van der Waals surface area contributed by atoms with Crippen molar-refractivity contribution in [2.45, 2.75) is 129 Å². The van der Waals surface area contributed by atoms with Gasteiger partial charge in [0, 0.05) is 19.3 Å². The molecule has 0 amide bonds. The molecule has 0 spiro atoms. The number of aliphatic carboxylic acids is 2. The Bertz CT molecular complexity index is 572. The predicted molar refractivity (Wildman–Crippen MR) is 134 cm³/mol. The van der Waals surface area contributed by atoms with Gasteiger partial charge >= 0.3 is 23.9 Å². The topological polar surface area (TPSA) is 127 Å². The number of ether oxygens (including phenoxy) is 2. The van der Waals surface area contributed by atoms with Crippen molar-refractivity contribution in [1.29, 1.82) is 0 Å². The van der Waals surface area contributed by atoms with E-state index in [1.165, 1.54) is 0 Å². The van der Waals surface area contributed by atoms with E-state index in [-0.39, 0.29) is 38.9 Å². The lowest BCUT2D eigenvalue weighted by atomic mass is 9.84. The average Bonchev–Trinajstić information content (AvgIpc) is 2.82. The first-order chi connectivity index (χ1) is 16.8. The molecule has 0 unspecified atom stereocenters. The van der Waals surface area contributed by atoms with Crippen molar-refractivity contribution in [3.63, 3.8) is 0 Å².